The van der Waals surface area contributed by atoms with Crippen LogP contribution in [0.3, 0.4) is 0 Å². The van der Waals surface area contributed by atoms with Crippen LogP contribution >= 0.6 is 11.8 Å². The monoisotopic (exact) mass is 275 g/mol. The van der Waals surface area contributed by atoms with Gasteiger partial charge in [-0.25, -0.2) is 4.98 Å². The van der Waals surface area contributed by atoms with Crippen LogP contribution < -0.4 is 5.73 Å². The minimum atomic E-state index is 0.129. The van der Waals surface area contributed by atoms with Gasteiger partial charge in [-0.05, 0) is 18.9 Å². The van der Waals surface area contributed by atoms with Crippen molar-refractivity contribution in [2.45, 2.75) is 36.7 Å². The highest BCUT2D eigenvalue weighted by molar-refractivity contribution is 7.99. The second kappa shape index (κ2) is 6.26. The maximum absolute atomic E-state index is 6.30. The van der Waals surface area contributed by atoms with Gasteiger partial charge in [0.1, 0.15) is 0 Å². The van der Waals surface area contributed by atoms with Gasteiger partial charge in [-0.15, -0.1) is 0 Å². The smallest absolute Gasteiger partial charge is 0.168 e. The van der Waals surface area contributed by atoms with Crippen LogP contribution in [0.1, 0.15) is 29.7 Å². The molecule has 0 fully saturated rings. The van der Waals surface area contributed by atoms with Crippen molar-refractivity contribution >= 4 is 11.8 Å². The summed E-state index contributed by atoms with van der Waals surface area (Å²) < 4.78 is 2.04. The number of aromatic nitrogens is 2. The molecule has 1 aromatic carbocycles. The van der Waals surface area contributed by atoms with Gasteiger partial charge in [0.25, 0.3) is 0 Å². The van der Waals surface area contributed by atoms with Crippen LogP contribution in [0.4, 0.5) is 0 Å². The Morgan fingerprint density at radius 2 is 2.00 bits per heavy atom. The number of benzene rings is 1. The molecule has 0 radical (unpaired) electrons. The fourth-order valence-electron chi connectivity index (χ4n) is 1.95. The van der Waals surface area contributed by atoms with Crippen molar-refractivity contribution in [1.29, 1.82) is 0 Å². The molecule has 0 spiro atoms. The van der Waals surface area contributed by atoms with E-state index in [-0.39, 0.29) is 11.3 Å². The lowest BCUT2D eigenvalue weighted by atomic mass is 10.0. The van der Waals surface area contributed by atoms with E-state index in [0.717, 1.165) is 11.6 Å². The first-order valence-electron chi connectivity index (χ1n) is 6.58. The number of nitrogens with two attached hydrogens (primary N) is 1. The van der Waals surface area contributed by atoms with Crippen molar-refractivity contribution in [3.63, 3.8) is 0 Å². The molecule has 102 valence electrons. The number of thioether (sulfide) groups is 1. The molecule has 1 aromatic heterocycles. The standard InChI is InChI=1S/C15H21N3S/c1-4-13(16)14(12-7-5-11(2)6-8-12)19-15-17-9-10-18(15)3/h5-10,13-14H,4,16H2,1-3H3. The van der Waals surface area contributed by atoms with E-state index >= 15 is 0 Å². The summed E-state index contributed by atoms with van der Waals surface area (Å²) in [6.45, 7) is 4.23. The number of hydrogen-bond donors (Lipinski definition) is 1. The molecular formula is C15H21N3S. The Bertz CT molecular complexity index is 518. The summed E-state index contributed by atoms with van der Waals surface area (Å²) in [6.07, 6.45) is 4.74. The summed E-state index contributed by atoms with van der Waals surface area (Å²) in [6, 6.07) is 8.76. The number of nitrogens with zero attached hydrogens (tertiary/aromatic N) is 2. The molecule has 0 aliphatic heterocycles. The van der Waals surface area contributed by atoms with E-state index in [2.05, 4.69) is 43.1 Å². The lowest BCUT2D eigenvalue weighted by Gasteiger charge is -2.22. The molecule has 4 heteroatoms. The van der Waals surface area contributed by atoms with Gasteiger partial charge in [0.05, 0.1) is 5.25 Å². The molecule has 0 saturated carbocycles. The Hall–Kier alpha value is -1.26. The van der Waals surface area contributed by atoms with Gasteiger partial charge in [-0.3, -0.25) is 0 Å². The third-order valence-corrected chi connectivity index (χ3v) is 4.76. The summed E-state index contributed by atoms with van der Waals surface area (Å²) in [7, 11) is 2.01. The van der Waals surface area contributed by atoms with Crippen LogP contribution in [-0.2, 0) is 7.05 Å². The van der Waals surface area contributed by atoms with E-state index in [1.807, 2.05) is 24.0 Å². The molecule has 2 N–H and O–H groups in total. The quantitative estimate of drug-likeness (QED) is 0.851. The molecule has 1 heterocycles. The number of rotatable bonds is 5. The fourth-order valence-corrected chi connectivity index (χ4v) is 3.19. The highest BCUT2D eigenvalue weighted by Crippen LogP contribution is 2.37. The van der Waals surface area contributed by atoms with Gasteiger partial charge in [-0.1, -0.05) is 48.5 Å². The van der Waals surface area contributed by atoms with Crippen molar-refractivity contribution < 1.29 is 0 Å². The third kappa shape index (κ3) is 3.39. The Morgan fingerprint density at radius 3 is 2.53 bits per heavy atom. The first kappa shape index (κ1) is 14.2. The molecular weight excluding hydrogens is 254 g/mol. The average molecular weight is 275 g/mol. The maximum atomic E-state index is 6.30. The molecule has 2 aromatic rings. The first-order chi connectivity index (χ1) is 9.11. The van der Waals surface area contributed by atoms with Crippen LogP contribution in [0, 0.1) is 6.92 Å². The minimum Gasteiger partial charge on any atom is -0.329 e. The van der Waals surface area contributed by atoms with E-state index in [0.29, 0.717) is 0 Å². The molecule has 19 heavy (non-hydrogen) atoms. The van der Waals surface area contributed by atoms with Crippen LogP contribution in [0.15, 0.2) is 41.8 Å². The zero-order chi connectivity index (χ0) is 13.8. The topological polar surface area (TPSA) is 43.8 Å². The lowest BCUT2D eigenvalue weighted by Crippen LogP contribution is -2.25. The van der Waals surface area contributed by atoms with Crippen molar-refractivity contribution in [2.24, 2.45) is 12.8 Å². The van der Waals surface area contributed by atoms with Crippen molar-refractivity contribution in [2.75, 3.05) is 0 Å². The normalized spacial score (nSPS) is 14.3. The van der Waals surface area contributed by atoms with Gasteiger partial charge in [0.15, 0.2) is 5.16 Å². The van der Waals surface area contributed by atoms with Gasteiger partial charge >= 0.3 is 0 Å². The van der Waals surface area contributed by atoms with Gasteiger partial charge in [0, 0.05) is 25.5 Å². The highest BCUT2D eigenvalue weighted by atomic mass is 32.2. The fraction of sp³-hybridized carbons (Fsp3) is 0.400. The Kier molecular flexibility index (Phi) is 4.66. The van der Waals surface area contributed by atoms with E-state index in [9.17, 15) is 0 Å². The van der Waals surface area contributed by atoms with Crippen LogP contribution in [0.25, 0.3) is 0 Å². The van der Waals surface area contributed by atoms with E-state index < -0.39 is 0 Å². The van der Waals surface area contributed by atoms with Crippen LogP contribution in [0.5, 0.6) is 0 Å². The number of imidazole rings is 1. The van der Waals surface area contributed by atoms with Gasteiger partial charge in [-0.2, -0.15) is 0 Å². The third-order valence-electron chi connectivity index (χ3n) is 3.28. The van der Waals surface area contributed by atoms with Crippen LogP contribution in [0.2, 0.25) is 0 Å². The van der Waals surface area contributed by atoms with E-state index in [1.54, 1.807) is 11.8 Å². The zero-order valence-electron chi connectivity index (χ0n) is 11.7. The van der Waals surface area contributed by atoms with Crippen molar-refractivity contribution in [1.82, 2.24) is 9.55 Å². The summed E-state index contributed by atoms with van der Waals surface area (Å²) >= 11 is 1.74. The van der Waals surface area contributed by atoms with Crippen LogP contribution in [-0.4, -0.2) is 15.6 Å². The first-order valence-corrected chi connectivity index (χ1v) is 7.46. The summed E-state index contributed by atoms with van der Waals surface area (Å²) in [5.41, 5.74) is 8.84. The molecule has 0 aliphatic rings. The average Bonchev–Trinajstić information content (AvgIpc) is 2.82. The molecule has 2 rings (SSSR count). The molecule has 0 bridgehead atoms. The maximum Gasteiger partial charge on any atom is 0.168 e. The predicted octanol–water partition coefficient (Wildman–Crippen LogP) is 3.30. The molecule has 0 saturated heterocycles. The van der Waals surface area contributed by atoms with E-state index in [1.165, 1.54) is 11.1 Å². The molecule has 2 unspecified atom stereocenters. The second-order valence-electron chi connectivity index (χ2n) is 4.84. The largest absolute Gasteiger partial charge is 0.329 e. The zero-order valence-corrected chi connectivity index (χ0v) is 12.5. The Labute approximate surface area is 119 Å². The van der Waals surface area contributed by atoms with Crippen molar-refractivity contribution in [3.8, 4) is 0 Å². The summed E-state index contributed by atoms with van der Waals surface area (Å²) in [5.74, 6) is 0. The minimum absolute atomic E-state index is 0.129. The second-order valence-corrected chi connectivity index (χ2v) is 5.95. The SMILES string of the molecule is CCC(N)C(Sc1nccn1C)c1ccc(C)cc1. The van der Waals surface area contributed by atoms with E-state index in [4.69, 9.17) is 5.73 Å². The number of aryl methyl sites for hydroxylation is 2. The summed E-state index contributed by atoms with van der Waals surface area (Å²) in [4.78, 5) is 4.39. The highest BCUT2D eigenvalue weighted by Gasteiger charge is 2.21. The Morgan fingerprint density at radius 1 is 1.32 bits per heavy atom. The van der Waals surface area contributed by atoms with Gasteiger partial charge in [0.2, 0.25) is 0 Å². The summed E-state index contributed by atoms with van der Waals surface area (Å²) in [5, 5.41) is 1.25. The van der Waals surface area contributed by atoms with Crippen molar-refractivity contribution in [3.05, 3.63) is 47.8 Å². The van der Waals surface area contributed by atoms with Gasteiger partial charge < -0.3 is 10.3 Å². The Balaban J connectivity index is 2.26. The lowest BCUT2D eigenvalue weighted by molar-refractivity contribution is 0.630. The molecule has 2 atom stereocenters. The molecule has 3 nitrogen and oxygen atoms in total. The number of hydrogen-bond acceptors (Lipinski definition) is 3. The molecule has 0 amide bonds. The predicted molar refractivity (Wildman–Crippen MR) is 81.3 cm³/mol. The molecule has 0 aliphatic carbocycles.